The van der Waals surface area contributed by atoms with Gasteiger partial charge >= 0.3 is 5.97 Å². The number of carboxylic acid groups (broad SMARTS) is 1. The normalized spacial score (nSPS) is 10.8. The number of carboxylic acids is 1. The summed E-state index contributed by atoms with van der Waals surface area (Å²) >= 11 is 0. The van der Waals surface area contributed by atoms with Crippen molar-refractivity contribution in [1.29, 1.82) is 0 Å². The van der Waals surface area contributed by atoms with Crippen LogP contribution < -0.4 is 0 Å². The van der Waals surface area contributed by atoms with Crippen molar-refractivity contribution in [3.63, 3.8) is 0 Å². The summed E-state index contributed by atoms with van der Waals surface area (Å²) in [5, 5.41) is 13.8. The average Bonchev–Trinajstić information content (AvgIpc) is 3.03. The smallest absolute Gasteiger partial charge is 0.339 e. The summed E-state index contributed by atoms with van der Waals surface area (Å²) in [4.78, 5) is 15.4. The SMILES string of the molecule is Cc1cc(-c2nn(-c3ccncc3)cc2C(=O)O)c(C)o1. The minimum atomic E-state index is -1.02. The maximum Gasteiger partial charge on any atom is 0.339 e. The molecule has 0 aliphatic rings. The van der Waals surface area contributed by atoms with E-state index in [1.54, 1.807) is 37.5 Å². The zero-order valence-electron chi connectivity index (χ0n) is 11.6. The molecule has 0 radical (unpaired) electrons. The Kier molecular flexibility index (Phi) is 3.06. The van der Waals surface area contributed by atoms with Gasteiger partial charge in [-0.3, -0.25) is 4.98 Å². The van der Waals surface area contributed by atoms with Crippen LogP contribution in [0.5, 0.6) is 0 Å². The van der Waals surface area contributed by atoms with E-state index >= 15 is 0 Å². The molecule has 0 aliphatic carbocycles. The standard InChI is InChI=1S/C15H13N3O3/c1-9-7-12(10(2)21-9)14-13(15(19)20)8-18(17-14)11-3-5-16-6-4-11/h3-8H,1-2H3,(H,19,20). The molecule has 0 fully saturated rings. The summed E-state index contributed by atoms with van der Waals surface area (Å²) in [5.41, 5.74) is 1.97. The van der Waals surface area contributed by atoms with Crippen molar-refractivity contribution in [2.24, 2.45) is 0 Å². The summed E-state index contributed by atoms with van der Waals surface area (Å²) in [6.07, 6.45) is 4.75. The van der Waals surface area contributed by atoms with Gasteiger partial charge in [0.05, 0.1) is 5.69 Å². The minimum absolute atomic E-state index is 0.135. The number of carbonyl (C=O) groups is 1. The largest absolute Gasteiger partial charge is 0.478 e. The van der Waals surface area contributed by atoms with Gasteiger partial charge in [0.2, 0.25) is 0 Å². The highest BCUT2D eigenvalue weighted by Gasteiger charge is 2.21. The second kappa shape index (κ2) is 4.90. The van der Waals surface area contributed by atoms with Gasteiger partial charge in [0, 0.05) is 24.2 Å². The second-order valence-electron chi connectivity index (χ2n) is 4.67. The Morgan fingerprint density at radius 2 is 2.00 bits per heavy atom. The molecule has 6 heteroatoms. The van der Waals surface area contributed by atoms with Crippen LogP contribution in [0, 0.1) is 13.8 Å². The summed E-state index contributed by atoms with van der Waals surface area (Å²) in [6, 6.07) is 5.31. The van der Waals surface area contributed by atoms with E-state index in [1.165, 1.54) is 10.9 Å². The lowest BCUT2D eigenvalue weighted by molar-refractivity contribution is 0.0697. The van der Waals surface area contributed by atoms with Crippen molar-refractivity contribution in [2.45, 2.75) is 13.8 Å². The third-order valence-electron chi connectivity index (χ3n) is 3.17. The zero-order chi connectivity index (χ0) is 15.0. The van der Waals surface area contributed by atoms with Crippen LogP contribution in [0.3, 0.4) is 0 Å². The van der Waals surface area contributed by atoms with E-state index in [1.807, 2.05) is 6.92 Å². The predicted molar refractivity (Wildman–Crippen MR) is 75.5 cm³/mol. The van der Waals surface area contributed by atoms with Crippen LogP contribution in [-0.4, -0.2) is 25.8 Å². The lowest BCUT2D eigenvalue weighted by Gasteiger charge is -1.99. The quantitative estimate of drug-likeness (QED) is 0.799. The molecule has 1 N–H and O–H groups in total. The third kappa shape index (κ3) is 2.31. The summed E-state index contributed by atoms with van der Waals surface area (Å²) in [5.74, 6) is 0.343. The molecule has 0 atom stereocenters. The molecule has 106 valence electrons. The number of aromatic nitrogens is 3. The molecule has 0 bridgehead atoms. The molecule has 0 saturated heterocycles. The highest BCUT2D eigenvalue weighted by Crippen LogP contribution is 2.29. The lowest BCUT2D eigenvalue weighted by Crippen LogP contribution is -1.96. The monoisotopic (exact) mass is 283 g/mol. The van der Waals surface area contributed by atoms with E-state index in [9.17, 15) is 9.90 Å². The van der Waals surface area contributed by atoms with E-state index in [0.29, 0.717) is 17.0 Å². The topological polar surface area (TPSA) is 81.2 Å². The van der Waals surface area contributed by atoms with Gasteiger partial charge in [-0.15, -0.1) is 0 Å². The van der Waals surface area contributed by atoms with Gasteiger partial charge < -0.3 is 9.52 Å². The number of hydrogen-bond acceptors (Lipinski definition) is 4. The molecular formula is C15H13N3O3. The van der Waals surface area contributed by atoms with E-state index < -0.39 is 5.97 Å². The van der Waals surface area contributed by atoms with Gasteiger partial charge in [-0.05, 0) is 32.0 Å². The van der Waals surface area contributed by atoms with Crippen molar-refractivity contribution in [3.05, 3.63) is 53.9 Å². The first-order valence-corrected chi connectivity index (χ1v) is 6.37. The van der Waals surface area contributed by atoms with E-state index in [2.05, 4.69) is 10.1 Å². The Balaban J connectivity index is 2.18. The Hall–Kier alpha value is -2.89. The average molecular weight is 283 g/mol. The molecule has 0 aliphatic heterocycles. The fourth-order valence-corrected chi connectivity index (χ4v) is 2.22. The number of furan rings is 1. The van der Waals surface area contributed by atoms with Crippen molar-refractivity contribution < 1.29 is 14.3 Å². The molecule has 3 rings (SSSR count). The maximum atomic E-state index is 11.5. The Morgan fingerprint density at radius 1 is 1.29 bits per heavy atom. The van der Waals surface area contributed by atoms with E-state index in [-0.39, 0.29) is 5.56 Å². The van der Waals surface area contributed by atoms with Crippen molar-refractivity contribution >= 4 is 5.97 Å². The van der Waals surface area contributed by atoms with Crippen molar-refractivity contribution in [3.8, 4) is 16.9 Å². The molecule has 21 heavy (non-hydrogen) atoms. The zero-order valence-corrected chi connectivity index (χ0v) is 11.6. The van der Waals surface area contributed by atoms with Crippen LogP contribution in [0.1, 0.15) is 21.9 Å². The van der Waals surface area contributed by atoms with Gasteiger partial charge in [0.15, 0.2) is 0 Å². The minimum Gasteiger partial charge on any atom is -0.478 e. The molecule has 3 heterocycles. The Morgan fingerprint density at radius 3 is 2.57 bits per heavy atom. The van der Waals surface area contributed by atoms with Gasteiger partial charge in [-0.25, -0.2) is 9.48 Å². The summed E-state index contributed by atoms with van der Waals surface area (Å²) in [6.45, 7) is 3.61. The fourth-order valence-electron chi connectivity index (χ4n) is 2.22. The highest BCUT2D eigenvalue weighted by molar-refractivity contribution is 5.95. The lowest BCUT2D eigenvalue weighted by atomic mass is 10.1. The number of rotatable bonds is 3. The predicted octanol–water partition coefficient (Wildman–Crippen LogP) is 2.84. The van der Waals surface area contributed by atoms with Crippen LogP contribution in [0.25, 0.3) is 16.9 Å². The summed E-state index contributed by atoms with van der Waals surface area (Å²) in [7, 11) is 0. The number of nitrogens with zero attached hydrogens (tertiary/aromatic N) is 3. The fraction of sp³-hybridized carbons (Fsp3) is 0.133. The first-order chi connectivity index (χ1) is 10.1. The second-order valence-corrected chi connectivity index (χ2v) is 4.67. The summed E-state index contributed by atoms with van der Waals surface area (Å²) < 4.78 is 7.00. The number of aryl methyl sites for hydroxylation is 2. The molecule has 6 nitrogen and oxygen atoms in total. The molecule has 0 aromatic carbocycles. The molecule has 0 spiro atoms. The maximum absolute atomic E-state index is 11.5. The van der Waals surface area contributed by atoms with Crippen LogP contribution in [0.4, 0.5) is 0 Å². The van der Waals surface area contributed by atoms with Crippen LogP contribution >= 0.6 is 0 Å². The van der Waals surface area contributed by atoms with Crippen LogP contribution in [0.2, 0.25) is 0 Å². The van der Waals surface area contributed by atoms with Crippen molar-refractivity contribution in [2.75, 3.05) is 0 Å². The number of pyridine rings is 1. The van der Waals surface area contributed by atoms with E-state index in [4.69, 9.17) is 4.42 Å². The number of hydrogen-bond donors (Lipinski definition) is 1. The number of aromatic carboxylic acids is 1. The molecule has 0 unspecified atom stereocenters. The van der Waals surface area contributed by atoms with E-state index in [0.717, 1.165) is 11.4 Å². The molecule has 0 amide bonds. The molecule has 3 aromatic heterocycles. The first kappa shape index (κ1) is 13.1. The molecule has 0 saturated carbocycles. The van der Waals surface area contributed by atoms with Gasteiger partial charge in [-0.1, -0.05) is 0 Å². The van der Waals surface area contributed by atoms with Gasteiger partial charge in [0.1, 0.15) is 22.8 Å². The Labute approximate surface area is 120 Å². The van der Waals surface area contributed by atoms with Crippen LogP contribution in [-0.2, 0) is 0 Å². The first-order valence-electron chi connectivity index (χ1n) is 6.37. The highest BCUT2D eigenvalue weighted by atomic mass is 16.4. The van der Waals surface area contributed by atoms with Gasteiger partial charge in [-0.2, -0.15) is 5.10 Å². The van der Waals surface area contributed by atoms with Gasteiger partial charge in [0.25, 0.3) is 0 Å². The molecular weight excluding hydrogens is 270 g/mol. The van der Waals surface area contributed by atoms with Crippen molar-refractivity contribution in [1.82, 2.24) is 14.8 Å². The third-order valence-corrected chi connectivity index (χ3v) is 3.17. The van der Waals surface area contributed by atoms with Crippen LogP contribution in [0.15, 0.2) is 41.2 Å². The molecule has 3 aromatic rings. The Bertz CT molecular complexity index is 803.